The molecule has 0 spiro atoms. The van der Waals surface area contributed by atoms with E-state index in [-0.39, 0.29) is 22.1 Å². The number of carbonyl (C=O) groups excluding carboxylic acids is 1. The Bertz CT molecular complexity index is 471. The second kappa shape index (κ2) is 6.87. The average molecular weight is 308 g/mol. The first-order valence-corrected chi connectivity index (χ1v) is 8.42. The van der Waals surface area contributed by atoms with E-state index in [0.717, 1.165) is 11.3 Å². The van der Waals surface area contributed by atoms with Crippen molar-refractivity contribution in [3.8, 4) is 0 Å². The maximum Gasteiger partial charge on any atom is 0.233 e. The third-order valence-electron chi connectivity index (χ3n) is 3.14. The number of nitrogens with one attached hydrogen (secondary N) is 1. The maximum absolute atomic E-state index is 12.4. The number of hydrogen-bond acceptors (Lipinski definition) is 2. The topological polar surface area (TPSA) is 29.1 Å². The first-order chi connectivity index (χ1) is 9.48. The molecule has 1 N–H and O–H groups in total. The highest BCUT2D eigenvalue weighted by Crippen LogP contribution is 2.28. The second-order valence-electron chi connectivity index (χ2n) is 7.68. The SMILES string of the molecule is Cc1ccc(SC(C)C(=O)NC(C)(C)CC(C)(C)C)cc1. The Morgan fingerprint density at radius 2 is 1.67 bits per heavy atom. The van der Waals surface area contributed by atoms with E-state index < -0.39 is 0 Å². The first-order valence-electron chi connectivity index (χ1n) is 7.54. The monoisotopic (exact) mass is 307 g/mol. The Balaban J connectivity index is 2.60. The molecule has 1 aromatic rings. The number of rotatable bonds is 5. The van der Waals surface area contributed by atoms with Crippen molar-refractivity contribution >= 4 is 17.7 Å². The van der Waals surface area contributed by atoms with Crippen LogP contribution in [0, 0.1) is 12.3 Å². The zero-order valence-corrected chi connectivity index (χ0v) is 15.2. The van der Waals surface area contributed by atoms with Gasteiger partial charge in [-0.1, -0.05) is 38.5 Å². The molecule has 118 valence electrons. The van der Waals surface area contributed by atoms with Gasteiger partial charge in [-0.15, -0.1) is 11.8 Å². The Morgan fingerprint density at radius 3 is 2.14 bits per heavy atom. The summed E-state index contributed by atoms with van der Waals surface area (Å²) in [5.41, 5.74) is 1.25. The maximum atomic E-state index is 12.4. The van der Waals surface area contributed by atoms with Crippen LogP contribution in [0.5, 0.6) is 0 Å². The van der Waals surface area contributed by atoms with Crippen LogP contribution in [0.25, 0.3) is 0 Å². The van der Waals surface area contributed by atoms with Gasteiger partial charge in [-0.05, 0) is 51.7 Å². The van der Waals surface area contributed by atoms with Gasteiger partial charge in [0, 0.05) is 10.4 Å². The number of thioether (sulfide) groups is 1. The summed E-state index contributed by atoms with van der Waals surface area (Å²) in [5, 5.41) is 3.09. The highest BCUT2D eigenvalue weighted by atomic mass is 32.2. The van der Waals surface area contributed by atoms with Crippen molar-refractivity contribution in [1.82, 2.24) is 5.32 Å². The lowest BCUT2D eigenvalue weighted by Crippen LogP contribution is -2.48. The lowest BCUT2D eigenvalue weighted by molar-refractivity contribution is -0.122. The molecular formula is C18H29NOS. The Labute approximate surface area is 134 Å². The van der Waals surface area contributed by atoms with Gasteiger partial charge in [0.1, 0.15) is 0 Å². The molecule has 1 amide bonds. The van der Waals surface area contributed by atoms with Crippen molar-refractivity contribution in [2.45, 2.75) is 70.6 Å². The van der Waals surface area contributed by atoms with Gasteiger partial charge in [0.2, 0.25) is 5.91 Å². The summed E-state index contributed by atoms with van der Waals surface area (Å²) in [6.07, 6.45) is 0.952. The van der Waals surface area contributed by atoms with Crippen LogP contribution in [-0.2, 0) is 4.79 Å². The third kappa shape index (κ3) is 7.03. The molecular weight excluding hydrogens is 278 g/mol. The summed E-state index contributed by atoms with van der Waals surface area (Å²) >= 11 is 1.61. The van der Waals surface area contributed by atoms with E-state index in [9.17, 15) is 4.79 Å². The largest absolute Gasteiger partial charge is 0.350 e. The number of carbonyl (C=O) groups is 1. The molecule has 0 aliphatic heterocycles. The zero-order chi connectivity index (χ0) is 16.3. The highest BCUT2D eigenvalue weighted by molar-refractivity contribution is 8.00. The minimum atomic E-state index is -0.183. The van der Waals surface area contributed by atoms with Gasteiger partial charge in [-0.3, -0.25) is 4.79 Å². The van der Waals surface area contributed by atoms with E-state index in [0.29, 0.717) is 0 Å². The fourth-order valence-corrected chi connectivity index (χ4v) is 3.55. The summed E-state index contributed by atoms with van der Waals surface area (Å²) in [5.74, 6) is 0.106. The minimum Gasteiger partial charge on any atom is -0.350 e. The molecule has 21 heavy (non-hydrogen) atoms. The molecule has 1 unspecified atom stereocenters. The van der Waals surface area contributed by atoms with Crippen molar-refractivity contribution in [2.75, 3.05) is 0 Å². The van der Waals surface area contributed by atoms with Crippen molar-refractivity contribution in [3.05, 3.63) is 29.8 Å². The molecule has 0 aromatic heterocycles. The third-order valence-corrected chi connectivity index (χ3v) is 4.25. The Hall–Kier alpha value is -0.960. The molecule has 0 aliphatic carbocycles. The molecule has 0 radical (unpaired) electrons. The van der Waals surface area contributed by atoms with E-state index in [4.69, 9.17) is 0 Å². The number of benzene rings is 1. The molecule has 1 rings (SSSR count). The second-order valence-corrected chi connectivity index (χ2v) is 9.10. The average Bonchev–Trinajstić information content (AvgIpc) is 2.28. The van der Waals surface area contributed by atoms with Gasteiger partial charge in [0.25, 0.3) is 0 Å². The molecule has 0 aliphatic rings. The van der Waals surface area contributed by atoms with E-state index in [1.165, 1.54) is 5.56 Å². The van der Waals surface area contributed by atoms with Gasteiger partial charge in [-0.25, -0.2) is 0 Å². The summed E-state index contributed by atoms with van der Waals surface area (Å²) in [6, 6.07) is 8.31. The van der Waals surface area contributed by atoms with Gasteiger partial charge in [0.15, 0.2) is 0 Å². The van der Waals surface area contributed by atoms with E-state index >= 15 is 0 Å². The molecule has 0 saturated carbocycles. The molecule has 1 atom stereocenters. The van der Waals surface area contributed by atoms with E-state index in [1.54, 1.807) is 11.8 Å². The molecule has 1 aromatic carbocycles. The highest BCUT2D eigenvalue weighted by Gasteiger charge is 2.28. The predicted octanol–water partition coefficient (Wildman–Crippen LogP) is 4.81. The van der Waals surface area contributed by atoms with Crippen LogP contribution >= 0.6 is 11.8 Å². The van der Waals surface area contributed by atoms with Crippen molar-refractivity contribution < 1.29 is 4.79 Å². The van der Waals surface area contributed by atoms with Crippen LogP contribution < -0.4 is 5.32 Å². The fourth-order valence-electron chi connectivity index (χ4n) is 2.68. The lowest BCUT2D eigenvalue weighted by atomic mass is 9.82. The molecule has 2 nitrogen and oxygen atoms in total. The predicted molar refractivity (Wildman–Crippen MR) is 92.8 cm³/mol. The van der Waals surface area contributed by atoms with Crippen LogP contribution in [0.4, 0.5) is 0 Å². The van der Waals surface area contributed by atoms with Crippen LogP contribution in [0.1, 0.15) is 53.5 Å². The minimum absolute atomic E-state index is 0.0908. The van der Waals surface area contributed by atoms with Gasteiger partial charge in [-0.2, -0.15) is 0 Å². The van der Waals surface area contributed by atoms with Crippen LogP contribution in [-0.4, -0.2) is 16.7 Å². The van der Waals surface area contributed by atoms with E-state index in [2.05, 4.69) is 71.1 Å². The summed E-state index contributed by atoms with van der Waals surface area (Å²) in [7, 11) is 0. The summed E-state index contributed by atoms with van der Waals surface area (Å²) < 4.78 is 0. The molecule has 0 bridgehead atoms. The quantitative estimate of drug-likeness (QED) is 0.791. The zero-order valence-electron chi connectivity index (χ0n) is 14.4. The molecule has 0 fully saturated rings. The summed E-state index contributed by atoms with van der Waals surface area (Å²) in [4.78, 5) is 13.5. The Morgan fingerprint density at radius 1 is 1.14 bits per heavy atom. The lowest BCUT2D eigenvalue weighted by Gasteiger charge is -2.34. The number of hydrogen-bond donors (Lipinski definition) is 1. The normalized spacial score (nSPS) is 13.9. The van der Waals surface area contributed by atoms with Crippen LogP contribution in [0.2, 0.25) is 0 Å². The van der Waals surface area contributed by atoms with Crippen molar-refractivity contribution in [2.24, 2.45) is 5.41 Å². The van der Waals surface area contributed by atoms with Gasteiger partial charge < -0.3 is 5.32 Å². The summed E-state index contributed by atoms with van der Waals surface area (Å²) in [6.45, 7) is 14.8. The van der Waals surface area contributed by atoms with Gasteiger partial charge >= 0.3 is 0 Å². The standard InChI is InChI=1S/C18H29NOS/c1-13-8-10-15(11-9-13)21-14(2)16(20)19-18(6,7)12-17(3,4)5/h8-11,14H,12H2,1-7H3,(H,19,20). The first kappa shape index (κ1) is 18.1. The Kier molecular flexibility index (Phi) is 5.92. The van der Waals surface area contributed by atoms with Crippen molar-refractivity contribution in [3.63, 3.8) is 0 Å². The smallest absolute Gasteiger partial charge is 0.233 e. The fraction of sp³-hybridized carbons (Fsp3) is 0.611. The molecule has 3 heteroatoms. The number of aryl methyl sites for hydroxylation is 1. The van der Waals surface area contributed by atoms with Gasteiger partial charge in [0.05, 0.1) is 5.25 Å². The number of amides is 1. The molecule has 0 heterocycles. The van der Waals surface area contributed by atoms with E-state index in [1.807, 2.05) is 6.92 Å². The van der Waals surface area contributed by atoms with Crippen molar-refractivity contribution in [1.29, 1.82) is 0 Å². The molecule has 0 saturated heterocycles. The van der Waals surface area contributed by atoms with Crippen LogP contribution in [0.15, 0.2) is 29.2 Å². The van der Waals surface area contributed by atoms with Crippen LogP contribution in [0.3, 0.4) is 0 Å².